The van der Waals surface area contributed by atoms with Crippen LogP contribution in [-0.4, -0.2) is 12.6 Å². The van der Waals surface area contributed by atoms with E-state index in [-0.39, 0.29) is 18.7 Å². The first-order valence-corrected chi connectivity index (χ1v) is 4.60. The molecule has 6 heteroatoms. The predicted molar refractivity (Wildman–Crippen MR) is 51.8 cm³/mol. The van der Waals surface area contributed by atoms with Gasteiger partial charge >= 0.3 is 6.18 Å². The third kappa shape index (κ3) is 2.10. The van der Waals surface area contributed by atoms with E-state index in [0.717, 1.165) is 12.1 Å². The van der Waals surface area contributed by atoms with E-state index < -0.39 is 11.7 Å². The normalized spacial score (nSPS) is 20.4. The minimum atomic E-state index is -4.31. The summed E-state index contributed by atoms with van der Waals surface area (Å²) in [6.07, 6.45) is -4.31. The lowest BCUT2D eigenvalue weighted by molar-refractivity contribution is -0.137. The number of hydrogen-bond acceptors (Lipinski definition) is 3. The van der Waals surface area contributed by atoms with Crippen LogP contribution in [0.4, 0.5) is 13.2 Å². The van der Waals surface area contributed by atoms with Crippen LogP contribution in [0, 0.1) is 0 Å². The maximum absolute atomic E-state index is 12.3. The summed E-state index contributed by atoms with van der Waals surface area (Å²) in [6, 6.07) is 4.60. The minimum absolute atomic E-state index is 0.0740. The zero-order chi connectivity index (χ0) is 11.8. The molecule has 0 aromatic heterocycles. The molecule has 0 fully saturated rings. The van der Waals surface area contributed by atoms with Gasteiger partial charge in [0.05, 0.1) is 5.56 Å². The summed E-state index contributed by atoms with van der Waals surface area (Å²) in [5.41, 5.74) is 5.30. The maximum Gasteiger partial charge on any atom is 0.416 e. The van der Waals surface area contributed by atoms with E-state index >= 15 is 0 Å². The number of nitrogens with two attached hydrogens (primary N) is 1. The number of halogens is 3. The highest BCUT2D eigenvalue weighted by molar-refractivity contribution is 5.73. The lowest BCUT2D eigenvalue weighted by atomic mass is 10.1. The summed E-state index contributed by atoms with van der Waals surface area (Å²) in [5.74, 6) is 0. The molecule has 0 saturated carbocycles. The number of aliphatic imine (C=N–C) groups is 1. The van der Waals surface area contributed by atoms with Gasteiger partial charge in [-0.25, -0.2) is 4.99 Å². The second kappa shape index (κ2) is 3.70. The smallest absolute Gasteiger partial charge is 0.416 e. The van der Waals surface area contributed by atoms with E-state index in [4.69, 9.17) is 10.5 Å². The number of alkyl halides is 3. The van der Waals surface area contributed by atoms with Crippen LogP contribution in [0.5, 0.6) is 0 Å². The molecule has 2 N–H and O–H groups in total. The largest absolute Gasteiger partial charge is 0.463 e. The first-order valence-electron chi connectivity index (χ1n) is 4.60. The lowest BCUT2D eigenvalue weighted by Gasteiger charge is -2.09. The fraction of sp³-hybridized carbons (Fsp3) is 0.300. The van der Waals surface area contributed by atoms with Crippen LogP contribution in [0.15, 0.2) is 29.3 Å². The molecule has 2 rings (SSSR count). The van der Waals surface area contributed by atoms with Crippen LogP contribution < -0.4 is 5.73 Å². The van der Waals surface area contributed by atoms with Crippen molar-refractivity contribution in [2.75, 3.05) is 6.61 Å². The molecule has 0 radical (unpaired) electrons. The van der Waals surface area contributed by atoms with Crippen molar-refractivity contribution in [3.8, 4) is 0 Å². The number of ether oxygens (including phenoxy) is 1. The highest BCUT2D eigenvalue weighted by atomic mass is 19.4. The fourth-order valence-electron chi connectivity index (χ4n) is 1.46. The first-order chi connectivity index (χ1) is 7.47. The van der Waals surface area contributed by atoms with Gasteiger partial charge in [-0.2, -0.15) is 13.2 Å². The van der Waals surface area contributed by atoms with Gasteiger partial charge in [-0.05, 0) is 17.7 Å². The molecule has 86 valence electrons. The Morgan fingerprint density at radius 2 is 1.88 bits per heavy atom. The topological polar surface area (TPSA) is 47.6 Å². The molecular formula is C10H9F3N2O. The first kappa shape index (κ1) is 10.8. The van der Waals surface area contributed by atoms with Crippen molar-refractivity contribution in [3.63, 3.8) is 0 Å². The quantitative estimate of drug-likeness (QED) is 0.803. The zero-order valence-electron chi connectivity index (χ0n) is 8.16. The van der Waals surface area contributed by atoms with Crippen LogP contribution in [0.25, 0.3) is 0 Å². The molecule has 0 saturated heterocycles. The molecule has 0 aliphatic carbocycles. The summed E-state index contributed by atoms with van der Waals surface area (Å²) in [5, 5.41) is 0. The van der Waals surface area contributed by atoms with E-state index in [0.29, 0.717) is 5.56 Å². The molecule has 0 spiro atoms. The minimum Gasteiger partial charge on any atom is -0.463 e. The van der Waals surface area contributed by atoms with Crippen LogP contribution in [-0.2, 0) is 10.9 Å². The maximum atomic E-state index is 12.3. The SMILES string of the molecule is NC1=N[C@H](c2ccc(C(F)(F)F)cc2)CO1. The van der Waals surface area contributed by atoms with E-state index in [9.17, 15) is 13.2 Å². The highest BCUT2D eigenvalue weighted by Gasteiger charge is 2.30. The van der Waals surface area contributed by atoms with Gasteiger partial charge < -0.3 is 10.5 Å². The molecule has 1 aromatic rings. The van der Waals surface area contributed by atoms with Crippen LogP contribution in [0.1, 0.15) is 17.2 Å². The molecule has 1 aliphatic heterocycles. The van der Waals surface area contributed by atoms with Gasteiger partial charge in [0, 0.05) is 0 Å². The summed E-state index contributed by atoms with van der Waals surface area (Å²) in [7, 11) is 0. The Bertz CT molecular complexity index is 411. The van der Waals surface area contributed by atoms with Crippen molar-refractivity contribution < 1.29 is 17.9 Å². The van der Waals surface area contributed by atoms with Gasteiger partial charge in [-0.15, -0.1) is 0 Å². The van der Waals surface area contributed by atoms with Crippen molar-refractivity contribution in [1.82, 2.24) is 0 Å². The monoisotopic (exact) mass is 230 g/mol. The molecule has 16 heavy (non-hydrogen) atoms. The summed E-state index contributed by atoms with van der Waals surface area (Å²) in [4.78, 5) is 3.94. The Hall–Kier alpha value is -1.72. The van der Waals surface area contributed by atoms with Crippen molar-refractivity contribution in [1.29, 1.82) is 0 Å². The van der Waals surface area contributed by atoms with Crippen LogP contribution >= 0.6 is 0 Å². The molecule has 1 aromatic carbocycles. The molecule has 0 bridgehead atoms. The molecule has 0 amide bonds. The summed E-state index contributed by atoms with van der Waals surface area (Å²) in [6.45, 7) is 0.275. The highest BCUT2D eigenvalue weighted by Crippen LogP contribution is 2.31. The predicted octanol–water partition coefficient (Wildman–Crippen LogP) is 2.09. The van der Waals surface area contributed by atoms with Gasteiger partial charge in [-0.1, -0.05) is 12.1 Å². The van der Waals surface area contributed by atoms with Gasteiger partial charge in [-0.3, -0.25) is 0 Å². The summed E-state index contributed by atoms with van der Waals surface area (Å²) >= 11 is 0. The standard InChI is InChI=1S/C10H9F3N2O/c11-10(12,13)7-3-1-6(2-4-7)8-5-16-9(14)15-8/h1-4,8H,5H2,(H2,14,15)/t8-/m0/s1. The van der Waals surface area contributed by atoms with Crippen LogP contribution in [0.2, 0.25) is 0 Å². The van der Waals surface area contributed by atoms with E-state index in [1.54, 1.807) is 0 Å². The van der Waals surface area contributed by atoms with E-state index in [1.165, 1.54) is 12.1 Å². The Kier molecular flexibility index (Phi) is 2.49. The number of rotatable bonds is 1. The van der Waals surface area contributed by atoms with E-state index in [1.807, 2.05) is 0 Å². The second-order valence-corrected chi connectivity index (χ2v) is 3.41. The molecule has 3 nitrogen and oxygen atoms in total. The van der Waals surface area contributed by atoms with Crippen LogP contribution in [0.3, 0.4) is 0 Å². The van der Waals surface area contributed by atoms with Gasteiger partial charge in [0.2, 0.25) is 0 Å². The fourth-order valence-corrected chi connectivity index (χ4v) is 1.46. The van der Waals surface area contributed by atoms with Crippen molar-refractivity contribution in [2.45, 2.75) is 12.2 Å². The Balaban J connectivity index is 2.20. The third-order valence-corrected chi connectivity index (χ3v) is 2.29. The molecule has 1 aliphatic rings. The Morgan fingerprint density at radius 1 is 1.25 bits per heavy atom. The van der Waals surface area contributed by atoms with Crippen molar-refractivity contribution in [3.05, 3.63) is 35.4 Å². The average Bonchev–Trinajstić information content (AvgIpc) is 2.64. The molecule has 1 atom stereocenters. The van der Waals surface area contributed by atoms with Crippen molar-refractivity contribution in [2.24, 2.45) is 10.7 Å². The number of amidine groups is 1. The average molecular weight is 230 g/mol. The Morgan fingerprint density at radius 3 is 2.31 bits per heavy atom. The molecule has 1 heterocycles. The molecule has 0 unspecified atom stereocenters. The number of nitrogens with zero attached hydrogens (tertiary/aromatic N) is 1. The number of hydrogen-bond donors (Lipinski definition) is 1. The lowest BCUT2D eigenvalue weighted by Crippen LogP contribution is -2.10. The third-order valence-electron chi connectivity index (χ3n) is 2.29. The van der Waals surface area contributed by atoms with Gasteiger partial charge in [0.15, 0.2) is 0 Å². The molecular weight excluding hydrogens is 221 g/mol. The summed E-state index contributed by atoms with van der Waals surface area (Å²) < 4.78 is 41.8. The zero-order valence-corrected chi connectivity index (χ0v) is 8.16. The second-order valence-electron chi connectivity index (χ2n) is 3.41. The van der Waals surface area contributed by atoms with E-state index in [2.05, 4.69) is 4.99 Å². The van der Waals surface area contributed by atoms with Gasteiger partial charge in [0.25, 0.3) is 6.02 Å². The van der Waals surface area contributed by atoms with Crippen molar-refractivity contribution >= 4 is 6.02 Å². The Labute approximate surface area is 89.7 Å². The number of benzene rings is 1. The van der Waals surface area contributed by atoms with Gasteiger partial charge in [0.1, 0.15) is 12.6 Å².